The van der Waals surface area contributed by atoms with Crippen LogP contribution in [0.2, 0.25) is 0 Å². The molecular weight excluding hydrogens is 330 g/mol. The normalized spacial score (nSPS) is 17.4. The Kier molecular flexibility index (Phi) is 4.17. The molecule has 1 saturated heterocycles. The number of hydrogen-bond donors (Lipinski definition) is 1. The van der Waals surface area contributed by atoms with Crippen LogP contribution in [0, 0.1) is 0 Å². The highest BCUT2D eigenvalue weighted by molar-refractivity contribution is 9.10. The van der Waals surface area contributed by atoms with E-state index in [1.54, 1.807) is 12.1 Å². The summed E-state index contributed by atoms with van der Waals surface area (Å²) in [6.07, 6.45) is 0.482. The van der Waals surface area contributed by atoms with Gasteiger partial charge in [-0.15, -0.1) is 0 Å². The number of carboxylic acid groups (broad SMARTS) is 1. The summed E-state index contributed by atoms with van der Waals surface area (Å²) >= 11 is 3.31. The number of hydrogen-bond acceptors (Lipinski definition) is 4. The SMILES string of the molecule is COc1cc(C(=O)N2CC[C@@H]2C(=O)O)cc(Br)c1OC. The lowest BCUT2D eigenvalue weighted by molar-refractivity contribution is -0.146. The van der Waals surface area contributed by atoms with Gasteiger partial charge in [0.15, 0.2) is 11.5 Å². The number of likely N-dealkylation sites (tertiary alicyclic amines) is 1. The third-order valence-corrected chi connectivity index (χ3v) is 3.84. The number of rotatable bonds is 4. The number of benzene rings is 1. The fourth-order valence-electron chi connectivity index (χ4n) is 2.09. The summed E-state index contributed by atoms with van der Waals surface area (Å²) in [4.78, 5) is 24.6. The minimum absolute atomic E-state index is 0.328. The van der Waals surface area contributed by atoms with Crippen LogP contribution in [0.5, 0.6) is 11.5 Å². The minimum atomic E-state index is -0.982. The van der Waals surface area contributed by atoms with Crippen molar-refractivity contribution >= 4 is 27.8 Å². The molecule has 1 heterocycles. The first-order chi connectivity index (χ1) is 9.49. The zero-order valence-electron chi connectivity index (χ0n) is 11.1. The molecule has 1 amide bonds. The maximum atomic E-state index is 12.3. The van der Waals surface area contributed by atoms with Crippen molar-refractivity contribution in [2.75, 3.05) is 20.8 Å². The monoisotopic (exact) mass is 343 g/mol. The van der Waals surface area contributed by atoms with Crippen molar-refractivity contribution in [3.63, 3.8) is 0 Å². The molecule has 0 aromatic heterocycles. The second-order valence-electron chi connectivity index (χ2n) is 4.33. The first-order valence-electron chi connectivity index (χ1n) is 5.95. The van der Waals surface area contributed by atoms with Gasteiger partial charge in [-0.25, -0.2) is 4.79 Å². The van der Waals surface area contributed by atoms with Crippen molar-refractivity contribution in [3.05, 3.63) is 22.2 Å². The number of nitrogens with zero attached hydrogens (tertiary/aromatic N) is 1. The Hall–Kier alpha value is -1.76. The molecule has 7 heteroatoms. The molecule has 1 atom stereocenters. The molecule has 1 aliphatic heterocycles. The number of halogens is 1. The van der Waals surface area contributed by atoms with Gasteiger partial charge in [0, 0.05) is 12.1 Å². The van der Waals surface area contributed by atoms with Gasteiger partial charge in [-0.2, -0.15) is 0 Å². The molecule has 1 N–H and O–H groups in total. The summed E-state index contributed by atoms with van der Waals surface area (Å²) in [6, 6.07) is 2.40. The summed E-state index contributed by atoms with van der Waals surface area (Å²) in [5.74, 6) is -0.408. The smallest absolute Gasteiger partial charge is 0.326 e. The van der Waals surface area contributed by atoms with E-state index in [0.29, 0.717) is 34.5 Å². The van der Waals surface area contributed by atoms with E-state index in [1.165, 1.54) is 19.1 Å². The molecule has 20 heavy (non-hydrogen) atoms. The highest BCUT2D eigenvalue weighted by Crippen LogP contribution is 2.37. The molecule has 0 saturated carbocycles. The highest BCUT2D eigenvalue weighted by Gasteiger charge is 2.38. The van der Waals surface area contributed by atoms with E-state index >= 15 is 0 Å². The van der Waals surface area contributed by atoms with E-state index in [4.69, 9.17) is 14.6 Å². The lowest BCUT2D eigenvalue weighted by Crippen LogP contribution is -2.55. The first-order valence-corrected chi connectivity index (χ1v) is 6.74. The van der Waals surface area contributed by atoms with Gasteiger partial charge in [-0.1, -0.05) is 0 Å². The Morgan fingerprint density at radius 1 is 1.35 bits per heavy atom. The average Bonchev–Trinajstić information content (AvgIpc) is 2.35. The van der Waals surface area contributed by atoms with E-state index < -0.39 is 12.0 Å². The predicted molar refractivity (Wildman–Crippen MR) is 74.3 cm³/mol. The van der Waals surface area contributed by atoms with Crippen molar-refractivity contribution in [2.45, 2.75) is 12.5 Å². The molecule has 0 bridgehead atoms. The molecule has 1 aromatic rings. The Balaban J connectivity index is 2.31. The van der Waals surface area contributed by atoms with Crippen LogP contribution >= 0.6 is 15.9 Å². The van der Waals surface area contributed by atoms with Gasteiger partial charge >= 0.3 is 5.97 Å². The van der Waals surface area contributed by atoms with Crippen molar-refractivity contribution in [2.24, 2.45) is 0 Å². The van der Waals surface area contributed by atoms with Crippen LogP contribution in [-0.2, 0) is 4.79 Å². The van der Waals surface area contributed by atoms with Crippen LogP contribution in [0.1, 0.15) is 16.8 Å². The standard InChI is InChI=1S/C13H14BrNO5/c1-19-10-6-7(5-8(14)11(10)20-2)12(16)15-4-3-9(15)13(17)18/h5-6,9H,3-4H2,1-2H3,(H,17,18)/t9-/m1/s1. The van der Waals surface area contributed by atoms with Gasteiger partial charge in [-0.05, 0) is 34.5 Å². The zero-order chi connectivity index (χ0) is 14.9. The fraction of sp³-hybridized carbons (Fsp3) is 0.385. The molecule has 1 aromatic carbocycles. The number of aliphatic carboxylic acids is 1. The summed E-state index contributed by atoms with van der Waals surface area (Å²) in [7, 11) is 2.97. The lowest BCUT2D eigenvalue weighted by atomic mass is 10.0. The summed E-state index contributed by atoms with van der Waals surface area (Å²) in [5, 5.41) is 8.99. The van der Waals surface area contributed by atoms with E-state index in [9.17, 15) is 9.59 Å². The molecule has 1 fully saturated rings. The number of methoxy groups -OCH3 is 2. The third kappa shape index (κ3) is 2.45. The van der Waals surface area contributed by atoms with Crippen molar-refractivity contribution in [3.8, 4) is 11.5 Å². The number of amides is 1. The van der Waals surface area contributed by atoms with Gasteiger partial charge in [0.25, 0.3) is 5.91 Å². The van der Waals surface area contributed by atoms with E-state index in [2.05, 4.69) is 15.9 Å². The maximum Gasteiger partial charge on any atom is 0.326 e. The molecule has 108 valence electrons. The van der Waals surface area contributed by atoms with E-state index in [-0.39, 0.29) is 5.91 Å². The minimum Gasteiger partial charge on any atom is -0.493 e. The van der Waals surface area contributed by atoms with Gasteiger partial charge < -0.3 is 19.5 Å². The largest absolute Gasteiger partial charge is 0.493 e. The van der Waals surface area contributed by atoms with Crippen LogP contribution in [0.3, 0.4) is 0 Å². The quantitative estimate of drug-likeness (QED) is 0.901. The molecule has 0 aliphatic carbocycles. The Bertz CT molecular complexity index is 560. The summed E-state index contributed by atoms with van der Waals surface area (Å²) in [5.41, 5.74) is 0.362. The third-order valence-electron chi connectivity index (χ3n) is 3.25. The van der Waals surface area contributed by atoms with Gasteiger partial charge in [-0.3, -0.25) is 4.79 Å². The average molecular weight is 344 g/mol. The predicted octanol–water partition coefficient (Wildman–Crippen LogP) is 1.77. The van der Waals surface area contributed by atoms with Crippen molar-refractivity contribution in [1.29, 1.82) is 0 Å². The Morgan fingerprint density at radius 3 is 2.50 bits per heavy atom. The van der Waals surface area contributed by atoms with Crippen LogP contribution < -0.4 is 9.47 Å². The number of carbonyl (C=O) groups is 2. The Labute approximate surface area is 124 Å². The van der Waals surface area contributed by atoms with Crippen molar-refractivity contribution in [1.82, 2.24) is 4.90 Å². The summed E-state index contributed by atoms with van der Waals surface area (Å²) in [6.45, 7) is 0.446. The molecular formula is C13H14BrNO5. The van der Waals surface area contributed by atoms with E-state index in [1.807, 2.05) is 0 Å². The van der Waals surface area contributed by atoms with Crippen LogP contribution in [0.25, 0.3) is 0 Å². The number of ether oxygens (including phenoxy) is 2. The molecule has 0 unspecified atom stereocenters. The van der Waals surface area contributed by atoms with Crippen molar-refractivity contribution < 1.29 is 24.2 Å². The highest BCUT2D eigenvalue weighted by atomic mass is 79.9. The molecule has 0 spiro atoms. The van der Waals surface area contributed by atoms with Gasteiger partial charge in [0.1, 0.15) is 6.04 Å². The molecule has 6 nitrogen and oxygen atoms in total. The summed E-state index contributed by atoms with van der Waals surface area (Å²) < 4.78 is 10.9. The number of carboxylic acids is 1. The lowest BCUT2D eigenvalue weighted by Gasteiger charge is -2.38. The zero-order valence-corrected chi connectivity index (χ0v) is 12.6. The number of carbonyl (C=O) groups excluding carboxylic acids is 1. The second kappa shape index (κ2) is 5.70. The van der Waals surface area contributed by atoms with Crippen LogP contribution in [0.15, 0.2) is 16.6 Å². The first kappa shape index (κ1) is 14.6. The van der Waals surface area contributed by atoms with Gasteiger partial charge in [0.05, 0.1) is 18.7 Å². The fourth-order valence-corrected chi connectivity index (χ4v) is 2.70. The molecule has 2 rings (SSSR count). The van der Waals surface area contributed by atoms with Gasteiger partial charge in [0.2, 0.25) is 0 Å². The second-order valence-corrected chi connectivity index (χ2v) is 5.19. The molecule has 0 radical (unpaired) electrons. The molecule has 1 aliphatic rings. The van der Waals surface area contributed by atoms with E-state index in [0.717, 1.165) is 0 Å². The topological polar surface area (TPSA) is 76.1 Å². The maximum absolute atomic E-state index is 12.3. The Morgan fingerprint density at radius 2 is 2.05 bits per heavy atom. The van der Waals surface area contributed by atoms with Crippen LogP contribution in [-0.4, -0.2) is 48.7 Å². The van der Waals surface area contributed by atoms with Crippen LogP contribution in [0.4, 0.5) is 0 Å².